The highest BCUT2D eigenvalue weighted by molar-refractivity contribution is 6.09. The zero-order valence-corrected chi connectivity index (χ0v) is 19.3. The maximum atomic E-state index is 4.83. The Kier molecular flexibility index (Phi) is 3.91. The Labute approximate surface area is 207 Å². The molecule has 0 radical (unpaired) electrons. The van der Waals surface area contributed by atoms with Gasteiger partial charge in [0.25, 0.3) is 0 Å². The molecule has 0 fully saturated rings. The number of rotatable bonds is 1. The van der Waals surface area contributed by atoms with Gasteiger partial charge in [0.2, 0.25) is 0 Å². The van der Waals surface area contributed by atoms with E-state index in [-0.39, 0.29) is 0 Å². The highest BCUT2D eigenvalue weighted by Gasteiger charge is 2.25. The van der Waals surface area contributed by atoms with E-state index in [1.807, 2.05) is 30.7 Å². The van der Waals surface area contributed by atoms with Gasteiger partial charge in [-0.05, 0) is 59.7 Å². The summed E-state index contributed by atoms with van der Waals surface area (Å²) in [6.07, 6.45) is 5.71. The summed E-state index contributed by atoms with van der Waals surface area (Å²) >= 11 is 0. The lowest BCUT2D eigenvalue weighted by Gasteiger charge is -2.20. The highest BCUT2D eigenvalue weighted by atomic mass is 15.0. The molecular formula is C32H20N4. The topological polar surface area (TPSA) is 46.5 Å². The molecule has 7 aromatic rings. The molecule has 1 N–H and O–H groups in total. The number of nitrogens with one attached hydrogen (secondary N) is 1. The Balaban J connectivity index is 1.49. The molecule has 4 heteroatoms. The summed E-state index contributed by atoms with van der Waals surface area (Å²) < 4.78 is 2.37. The number of para-hydroxylation sites is 2. The Morgan fingerprint density at radius 3 is 1.94 bits per heavy atom. The first-order valence-corrected chi connectivity index (χ1v) is 12.1. The smallest absolute Gasteiger partial charge is 0.0985 e. The summed E-state index contributed by atoms with van der Waals surface area (Å²) in [5.74, 6) is 0. The first-order valence-electron chi connectivity index (χ1n) is 12.1. The van der Waals surface area contributed by atoms with Crippen molar-refractivity contribution >= 4 is 21.8 Å². The normalized spacial score (nSPS) is 11.9. The van der Waals surface area contributed by atoms with E-state index in [0.29, 0.717) is 0 Å². The van der Waals surface area contributed by atoms with Gasteiger partial charge in [0.15, 0.2) is 0 Å². The van der Waals surface area contributed by atoms with Gasteiger partial charge in [-0.3, -0.25) is 9.97 Å². The third-order valence-electron chi connectivity index (χ3n) is 7.28. The maximum Gasteiger partial charge on any atom is 0.0985 e. The van der Waals surface area contributed by atoms with Gasteiger partial charge < -0.3 is 9.55 Å². The third-order valence-corrected chi connectivity index (χ3v) is 7.28. The molecule has 0 atom stereocenters. The molecule has 0 amide bonds. The van der Waals surface area contributed by atoms with Crippen LogP contribution in [0.25, 0.3) is 72.4 Å². The second kappa shape index (κ2) is 7.27. The number of pyridine rings is 2. The zero-order valence-electron chi connectivity index (χ0n) is 19.3. The lowest BCUT2D eigenvalue weighted by Crippen LogP contribution is -2.01. The Bertz CT molecular complexity index is 1900. The predicted molar refractivity (Wildman–Crippen MR) is 146 cm³/mol. The van der Waals surface area contributed by atoms with Gasteiger partial charge in [-0.2, -0.15) is 0 Å². The quantitative estimate of drug-likeness (QED) is 0.271. The second-order valence-corrected chi connectivity index (χ2v) is 9.17. The summed E-state index contributed by atoms with van der Waals surface area (Å²) in [7, 11) is 0. The predicted octanol–water partition coefficient (Wildman–Crippen LogP) is 7.88. The Morgan fingerprint density at radius 2 is 1.19 bits per heavy atom. The first-order chi connectivity index (χ1) is 17.9. The lowest BCUT2D eigenvalue weighted by atomic mass is 9.87. The first kappa shape index (κ1) is 19.4. The molecular weight excluding hydrogens is 440 g/mol. The van der Waals surface area contributed by atoms with Crippen LogP contribution in [0, 0.1) is 0 Å². The number of fused-ring (bicyclic) bond motifs is 11. The van der Waals surface area contributed by atoms with Crippen molar-refractivity contribution in [2.24, 2.45) is 0 Å². The minimum absolute atomic E-state index is 0.893. The van der Waals surface area contributed by atoms with Gasteiger partial charge in [-0.1, -0.05) is 48.5 Å². The van der Waals surface area contributed by atoms with E-state index in [9.17, 15) is 0 Å². The fourth-order valence-corrected chi connectivity index (χ4v) is 5.75. The van der Waals surface area contributed by atoms with E-state index >= 15 is 0 Å². The van der Waals surface area contributed by atoms with Gasteiger partial charge in [-0.15, -0.1) is 0 Å². The van der Waals surface area contributed by atoms with E-state index in [1.165, 1.54) is 32.9 Å². The van der Waals surface area contributed by atoms with Crippen LogP contribution in [0.3, 0.4) is 0 Å². The van der Waals surface area contributed by atoms with Crippen LogP contribution in [-0.2, 0) is 0 Å². The summed E-state index contributed by atoms with van der Waals surface area (Å²) in [4.78, 5) is 13.1. The molecule has 3 aromatic carbocycles. The fraction of sp³-hybridized carbons (Fsp3) is 0. The molecule has 0 saturated heterocycles. The Morgan fingerprint density at radius 1 is 0.528 bits per heavy atom. The second-order valence-electron chi connectivity index (χ2n) is 9.17. The molecule has 1 aliphatic carbocycles. The summed E-state index contributed by atoms with van der Waals surface area (Å²) in [6.45, 7) is 0. The number of aromatic nitrogens is 4. The standard InChI is InChI=1S/C32H20N4/c1-3-11-28-22(7-1)23-8-2-4-12-29(23)36(28)20-13-14-21-25-15-18-35-30(25)26-10-6-17-34-32(26)31-24(27(21)19-20)9-5-16-33-31/h1-19,35H. The monoisotopic (exact) mass is 460 g/mol. The molecule has 0 saturated carbocycles. The average molecular weight is 461 g/mol. The van der Waals surface area contributed by atoms with Gasteiger partial charge in [-0.25, -0.2) is 0 Å². The van der Waals surface area contributed by atoms with Gasteiger partial charge in [0.1, 0.15) is 0 Å². The van der Waals surface area contributed by atoms with Crippen molar-refractivity contribution in [2.45, 2.75) is 0 Å². The molecule has 4 aromatic heterocycles. The van der Waals surface area contributed by atoms with Crippen LogP contribution in [0.1, 0.15) is 0 Å². The van der Waals surface area contributed by atoms with Crippen molar-refractivity contribution in [2.75, 3.05) is 0 Å². The Hall–Kier alpha value is -4.96. The molecule has 8 rings (SSSR count). The number of hydrogen-bond donors (Lipinski definition) is 1. The number of aromatic amines is 1. The van der Waals surface area contributed by atoms with Gasteiger partial charge in [0, 0.05) is 51.7 Å². The van der Waals surface area contributed by atoms with Crippen molar-refractivity contribution < 1.29 is 0 Å². The van der Waals surface area contributed by atoms with Crippen molar-refractivity contribution in [1.82, 2.24) is 19.5 Å². The van der Waals surface area contributed by atoms with E-state index in [0.717, 1.165) is 39.5 Å². The third kappa shape index (κ3) is 2.58. The molecule has 36 heavy (non-hydrogen) atoms. The van der Waals surface area contributed by atoms with Crippen LogP contribution in [0.2, 0.25) is 0 Å². The minimum Gasteiger partial charge on any atom is -0.361 e. The molecule has 1 aliphatic rings. The van der Waals surface area contributed by atoms with Crippen LogP contribution in [0.15, 0.2) is 116 Å². The van der Waals surface area contributed by atoms with Crippen LogP contribution >= 0.6 is 0 Å². The van der Waals surface area contributed by atoms with Crippen LogP contribution in [0.4, 0.5) is 0 Å². The largest absolute Gasteiger partial charge is 0.361 e. The van der Waals surface area contributed by atoms with Crippen molar-refractivity contribution in [1.29, 1.82) is 0 Å². The summed E-state index contributed by atoms with van der Waals surface area (Å²) in [6, 6.07) is 34.5. The molecule has 168 valence electrons. The lowest BCUT2D eigenvalue weighted by molar-refractivity contribution is 1.18. The zero-order chi connectivity index (χ0) is 23.6. The molecule has 4 heterocycles. The van der Waals surface area contributed by atoms with E-state index < -0.39 is 0 Å². The van der Waals surface area contributed by atoms with Crippen molar-refractivity contribution in [3.8, 4) is 50.6 Å². The molecule has 0 unspecified atom stereocenters. The number of nitrogens with zero attached hydrogens (tertiary/aromatic N) is 3. The highest BCUT2D eigenvalue weighted by Crippen LogP contribution is 2.46. The molecule has 0 aliphatic heterocycles. The van der Waals surface area contributed by atoms with Crippen LogP contribution in [0.5, 0.6) is 0 Å². The average Bonchev–Trinajstić information content (AvgIpc) is 3.55. The number of H-pyrrole nitrogens is 1. The van der Waals surface area contributed by atoms with E-state index in [1.54, 1.807) is 0 Å². The summed E-state index contributed by atoms with van der Waals surface area (Å²) in [5, 5.41) is 2.51. The fourth-order valence-electron chi connectivity index (χ4n) is 5.75. The van der Waals surface area contributed by atoms with Crippen LogP contribution in [-0.4, -0.2) is 19.5 Å². The number of benzene rings is 3. The molecule has 0 bridgehead atoms. The van der Waals surface area contributed by atoms with E-state index in [2.05, 4.69) is 94.5 Å². The van der Waals surface area contributed by atoms with Crippen molar-refractivity contribution in [3.63, 3.8) is 0 Å². The maximum absolute atomic E-state index is 4.83. The van der Waals surface area contributed by atoms with Gasteiger partial charge >= 0.3 is 0 Å². The number of hydrogen-bond acceptors (Lipinski definition) is 2. The van der Waals surface area contributed by atoms with Crippen molar-refractivity contribution in [3.05, 3.63) is 116 Å². The molecule has 4 nitrogen and oxygen atoms in total. The summed E-state index contributed by atoms with van der Waals surface area (Å²) in [5.41, 5.74) is 12.0. The molecule has 0 spiro atoms. The van der Waals surface area contributed by atoms with E-state index in [4.69, 9.17) is 9.97 Å². The SMILES string of the molecule is c1cnc2c(c1)-c1cc(-n3c4ccccc4c4ccccc43)ccc1-c1cc[nH]c1-c1cccnc1-2. The minimum atomic E-state index is 0.893. The van der Waals surface area contributed by atoms with Gasteiger partial charge in [0.05, 0.1) is 28.1 Å². The van der Waals surface area contributed by atoms with Crippen LogP contribution < -0.4 is 0 Å².